The van der Waals surface area contributed by atoms with E-state index in [1.54, 1.807) is 6.07 Å². The van der Waals surface area contributed by atoms with Crippen LogP contribution in [0.3, 0.4) is 0 Å². The van der Waals surface area contributed by atoms with Gasteiger partial charge in [-0.15, -0.1) is 0 Å². The van der Waals surface area contributed by atoms with Crippen LogP contribution in [0.4, 0.5) is 0 Å². The summed E-state index contributed by atoms with van der Waals surface area (Å²) in [4.78, 5) is 14.4. The quantitative estimate of drug-likeness (QED) is 0.817. The smallest absolute Gasteiger partial charge is 0.305 e. The molecule has 0 bridgehead atoms. The lowest BCUT2D eigenvalue weighted by Crippen LogP contribution is -2.02. The number of carbonyl (C=O) groups excluding carboxylic acids is 1. The summed E-state index contributed by atoms with van der Waals surface area (Å²) in [6.45, 7) is 6.00. The number of H-pyrrole nitrogens is 1. The number of nitrogens with one attached hydrogen (secondary N) is 1. The number of benzene rings is 1. The number of aryl methyl sites for hydroxylation is 2. The highest BCUT2D eigenvalue weighted by atomic mass is 35.5. The van der Waals surface area contributed by atoms with E-state index < -0.39 is 0 Å². The van der Waals surface area contributed by atoms with Crippen LogP contribution in [0.15, 0.2) is 12.1 Å². The second-order valence-electron chi connectivity index (χ2n) is 4.09. The Hall–Kier alpha value is -1.19. The fourth-order valence-electron chi connectivity index (χ4n) is 1.97. The maximum Gasteiger partial charge on any atom is 0.305 e. The van der Waals surface area contributed by atoms with Gasteiger partial charge in [0.25, 0.3) is 0 Å². The monoisotopic (exact) mass is 315 g/mol. The van der Waals surface area contributed by atoms with E-state index in [1.807, 2.05) is 26.8 Å². The van der Waals surface area contributed by atoms with Crippen molar-refractivity contribution >= 4 is 40.1 Å². The van der Waals surface area contributed by atoms with Crippen LogP contribution in [-0.2, 0) is 16.0 Å². The zero-order valence-corrected chi connectivity index (χ0v) is 13.7. The average molecular weight is 316 g/mol. The fourth-order valence-corrected chi connectivity index (χ4v) is 2.34. The first-order valence-corrected chi connectivity index (χ1v) is 7.32. The molecule has 5 heteroatoms. The summed E-state index contributed by atoms with van der Waals surface area (Å²) in [5, 5.41) is 2.07. The van der Waals surface area contributed by atoms with Gasteiger partial charge in [-0.05, 0) is 25.0 Å². The van der Waals surface area contributed by atoms with Gasteiger partial charge in [0.2, 0.25) is 0 Å². The third-order valence-electron chi connectivity index (χ3n) is 3.03. The topological polar surface area (TPSA) is 42.1 Å². The molecule has 1 N–H and O–H groups in total. The molecule has 0 saturated carbocycles. The van der Waals surface area contributed by atoms with E-state index in [2.05, 4.69) is 9.72 Å². The van der Waals surface area contributed by atoms with E-state index in [9.17, 15) is 4.79 Å². The first kappa shape index (κ1) is 16.9. The molecule has 1 aromatic heterocycles. The number of halogens is 2. The second-order valence-corrected chi connectivity index (χ2v) is 4.87. The number of fused-ring (bicyclic) bond motifs is 1. The fraction of sp³-hybridized carbons (Fsp3) is 0.400. The number of carbonyl (C=O) groups is 1. The van der Waals surface area contributed by atoms with Crippen LogP contribution in [0.25, 0.3) is 10.9 Å². The predicted molar refractivity (Wildman–Crippen MR) is 84.7 cm³/mol. The normalized spacial score (nSPS) is 10.1. The van der Waals surface area contributed by atoms with Gasteiger partial charge < -0.3 is 9.72 Å². The second kappa shape index (κ2) is 7.55. The number of aromatic nitrogens is 1. The summed E-state index contributed by atoms with van der Waals surface area (Å²) in [5.74, 6) is -0.225. The van der Waals surface area contributed by atoms with Crippen LogP contribution in [0.2, 0.25) is 10.0 Å². The molecule has 2 aromatic rings. The summed E-state index contributed by atoms with van der Waals surface area (Å²) in [5.41, 5.74) is 2.90. The first-order valence-electron chi connectivity index (χ1n) is 6.56. The van der Waals surface area contributed by atoms with E-state index >= 15 is 0 Å². The number of hydrogen-bond acceptors (Lipinski definition) is 2. The maximum absolute atomic E-state index is 11.1. The summed E-state index contributed by atoms with van der Waals surface area (Å²) in [6.07, 6.45) is 0.941. The van der Waals surface area contributed by atoms with Crippen LogP contribution in [0.5, 0.6) is 0 Å². The van der Waals surface area contributed by atoms with E-state index in [-0.39, 0.29) is 5.97 Å². The molecule has 1 aromatic carbocycles. The molecule has 0 radical (unpaired) electrons. The minimum absolute atomic E-state index is 0.225. The van der Waals surface area contributed by atoms with Gasteiger partial charge >= 0.3 is 5.97 Å². The molecular formula is C15H19Cl2NO2. The molecule has 3 nitrogen and oxygen atoms in total. The van der Waals surface area contributed by atoms with E-state index in [0.29, 0.717) is 22.9 Å². The van der Waals surface area contributed by atoms with Crippen molar-refractivity contribution in [3.63, 3.8) is 0 Å². The SMILES string of the molecule is CC.COC(=O)CCc1[nH]c2c(Cl)c(Cl)ccc2c1C. The number of esters is 1. The summed E-state index contributed by atoms with van der Waals surface area (Å²) < 4.78 is 4.63. The van der Waals surface area contributed by atoms with E-state index in [0.717, 1.165) is 22.2 Å². The molecule has 0 atom stereocenters. The predicted octanol–water partition coefficient (Wildman–Crippen LogP) is 4.91. The molecule has 110 valence electrons. The van der Waals surface area contributed by atoms with Gasteiger partial charge in [-0.2, -0.15) is 0 Å². The lowest BCUT2D eigenvalue weighted by Gasteiger charge is -1.99. The molecule has 0 spiro atoms. The molecule has 0 saturated heterocycles. The Balaban J connectivity index is 0.000000956. The maximum atomic E-state index is 11.1. The Morgan fingerprint density at radius 1 is 1.30 bits per heavy atom. The molecule has 2 rings (SSSR count). The Morgan fingerprint density at radius 3 is 2.55 bits per heavy atom. The van der Waals surface area contributed by atoms with Crippen LogP contribution < -0.4 is 0 Å². The third kappa shape index (κ3) is 3.47. The standard InChI is InChI=1S/C13H13Cl2NO2.C2H6/c1-7-8-3-4-9(14)12(15)13(8)16-10(7)5-6-11(17)18-2;1-2/h3-4,16H,5-6H2,1-2H3;1-2H3. The minimum atomic E-state index is -0.225. The van der Waals surface area contributed by atoms with Gasteiger partial charge in [-0.3, -0.25) is 4.79 Å². The van der Waals surface area contributed by atoms with Crippen LogP contribution >= 0.6 is 23.2 Å². The Kier molecular flexibility index (Phi) is 6.37. The number of methoxy groups -OCH3 is 1. The summed E-state index contributed by atoms with van der Waals surface area (Å²) in [7, 11) is 1.39. The largest absolute Gasteiger partial charge is 0.469 e. The van der Waals surface area contributed by atoms with Gasteiger partial charge in [-0.1, -0.05) is 43.1 Å². The number of hydrogen-bond donors (Lipinski definition) is 1. The van der Waals surface area contributed by atoms with Crippen molar-refractivity contribution in [2.75, 3.05) is 7.11 Å². The Bertz CT molecular complexity index is 605. The minimum Gasteiger partial charge on any atom is -0.469 e. The van der Waals surface area contributed by atoms with Crippen molar-refractivity contribution in [1.82, 2.24) is 4.98 Å². The van der Waals surface area contributed by atoms with Crippen molar-refractivity contribution in [3.05, 3.63) is 33.4 Å². The molecule has 1 heterocycles. The molecule has 0 aliphatic heterocycles. The van der Waals surface area contributed by atoms with Crippen LogP contribution in [-0.4, -0.2) is 18.1 Å². The Labute approximate surface area is 129 Å². The summed E-state index contributed by atoms with van der Waals surface area (Å²) >= 11 is 12.1. The van der Waals surface area contributed by atoms with Crippen molar-refractivity contribution in [2.45, 2.75) is 33.6 Å². The number of aromatic amines is 1. The Morgan fingerprint density at radius 2 is 1.95 bits per heavy atom. The molecule has 0 aliphatic rings. The molecule has 20 heavy (non-hydrogen) atoms. The van der Waals surface area contributed by atoms with Crippen LogP contribution in [0, 0.1) is 6.92 Å². The van der Waals surface area contributed by atoms with Crippen molar-refractivity contribution in [3.8, 4) is 0 Å². The van der Waals surface area contributed by atoms with E-state index in [4.69, 9.17) is 23.2 Å². The number of ether oxygens (including phenoxy) is 1. The molecule has 0 fully saturated rings. The van der Waals surface area contributed by atoms with Gasteiger partial charge in [0, 0.05) is 11.1 Å². The zero-order chi connectivity index (χ0) is 15.3. The molecule has 0 amide bonds. The lowest BCUT2D eigenvalue weighted by molar-refractivity contribution is -0.140. The van der Waals surface area contributed by atoms with E-state index in [1.165, 1.54) is 7.11 Å². The molecule has 0 unspecified atom stereocenters. The van der Waals surface area contributed by atoms with Crippen molar-refractivity contribution in [1.29, 1.82) is 0 Å². The third-order valence-corrected chi connectivity index (χ3v) is 3.84. The highest BCUT2D eigenvalue weighted by Crippen LogP contribution is 2.33. The highest BCUT2D eigenvalue weighted by Gasteiger charge is 2.13. The zero-order valence-electron chi connectivity index (χ0n) is 12.1. The van der Waals surface area contributed by atoms with Gasteiger partial charge in [-0.25, -0.2) is 0 Å². The van der Waals surface area contributed by atoms with Gasteiger partial charge in [0.15, 0.2) is 0 Å². The lowest BCUT2D eigenvalue weighted by atomic mass is 10.1. The molecule has 0 aliphatic carbocycles. The summed E-state index contributed by atoms with van der Waals surface area (Å²) in [6, 6.07) is 3.70. The number of rotatable bonds is 3. The average Bonchev–Trinajstić information content (AvgIpc) is 2.80. The first-order chi connectivity index (χ1) is 9.54. The highest BCUT2D eigenvalue weighted by molar-refractivity contribution is 6.45. The van der Waals surface area contributed by atoms with Crippen LogP contribution in [0.1, 0.15) is 31.5 Å². The van der Waals surface area contributed by atoms with Crippen molar-refractivity contribution in [2.24, 2.45) is 0 Å². The van der Waals surface area contributed by atoms with Gasteiger partial charge in [0.1, 0.15) is 0 Å². The van der Waals surface area contributed by atoms with Crippen molar-refractivity contribution < 1.29 is 9.53 Å². The van der Waals surface area contributed by atoms with Gasteiger partial charge in [0.05, 0.1) is 29.1 Å². The molecular weight excluding hydrogens is 297 g/mol.